The van der Waals surface area contributed by atoms with E-state index in [1.165, 1.54) is 44.9 Å². The molecular formula is C37H66O10. The van der Waals surface area contributed by atoms with Gasteiger partial charge in [-0.3, -0.25) is 9.59 Å². The van der Waals surface area contributed by atoms with Crippen molar-refractivity contribution in [2.75, 3.05) is 19.8 Å². The Kier molecular flexibility index (Phi) is 26.8. The Balaban J connectivity index is 2.41. The molecule has 1 unspecified atom stereocenters. The molecule has 0 aromatic carbocycles. The van der Waals surface area contributed by atoms with Gasteiger partial charge < -0.3 is 39.4 Å². The number of unbranched alkanes of at least 4 members (excludes halogenated alkanes) is 14. The summed E-state index contributed by atoms with van der Waals surface area (Å²) in [6, 6.07) is 0. The van der Waals surface area contributed by atoms with Crippen LogP contribution in [0.5, 0.6) is 0 Å². The zero-order valence-electron chi connectivity index (χ0n) is 29.3. The molecule has 0 aromatic rings. The highest BCUT2D eigenvalue weighted by atomic mass is 16.7. The molecule has 0 spiro atoms. The molecule has 47 heavy (non-hydrogen) atoms. The Morgan fingerprint density at radius 1 is 0.660 bits per heavy atom. The quantitative estimate of drug-likeness (QED) is 0.0411. The van der Waals surface area contributed by atoms with E-state index in [4.69, 9.17) is 18.9 Å². The van der Waals surface area contributed by atoms with Gasteiger partial charge in [0.2, 0.25) is 0 Å². The third kappa shape index (κ3) is 21.7. The molecule has 1 heterocycles. The molecule has 1 aliphatic heterocycles. The molecule has 1 rings (SSSR count). The van der Waals surface area contributed by atoms with Gasteiger partial charge in [0.1, 0.15) is 31.0 Å². The van der Waals surface area contributed by atoms with Gasteiger partial charge in [0.15, 0.2) is 12.4 Å². The molecule has 0 saturated carbocycles. The zero-order chi connectivity index (χ0) is 34.5. The zero-order valence-corrected chi connectivity index (χ0v) is 29.3. The largest absolute Gasteiger partial charge is 0.462 e. The van der Waals surface area contributed by atoms with Crippen LogP contribution < -0.4 is 0 Å². The first kappa shape index (κ1) is 43.2. The number of carbonyl (C=O) groups excluding carboxylic acids is 2. The van der Waals surface area contributed by atoms with Crippen molar-refractivity contribution in [3.63, 3.8) is 0 Å². The van der Waals surface area contributed by atoms with Crippen molar-refractivity contribution in [1.29, 1.82) is 0 Å². The van der Waals surface area contributed by atoms with Crippen molar-refractivity contribution in [3.8, 4) is 0 Å². The number of carbonyl (C=O) groups is 2. The lowest BCUT2D eigenvalue weighted by Gasteiger charge is -2.39. The summed E-state index contributed by atoms with van der Waals surface area (Å²) in [5.41, 5.74) is 0. The number of hydrogen-bond donors (Lipinski definition) is 4. The third-order valence-electron chi connectivity index (χ3n) is 8.34. The lowest BCUT2D eigenvalue weighted by atomic mass is 9.99. The molecule has 1 saturated heterocycles. The van der Waals surface area contributed by atoms with Crippen LogP contribution in [0.1, 0.15) is 142 Å². The van der Waals surface area contributed by atoms with Crippen LogP contribution >= 0.6 is 0 Å². The smallest absolute Gasteiger partial charge is 0.306 e. The van der Waals surface area contributed by atoms with E-state index in [0.717, 1.165) is 64.2 Å². The highest BCUT2D eigenvalue weighted by Gasteiger charge is 2.44. The number of allylic oxidation sites excluding steroid dienone is 4. The Bertz CT molecular complexity index is 830. The maximum absolute atomic E-state index is 12.6. The average Bonchev–Trinajstić information content (AvgIpc) is 3.06. The van der Waals surface area contributed by atoms with E-state index in [-0.39, 0.29) is 32.0 Å². The van der Waals surface area contributed by atoms with Gasteiger partial charge in [-0.2, -0.15) is 0 Å². The number of rotatable bonds is 29. The summed E-state index contributed by atoms with van der Waals surface area (Å²) in [7, 11) is 0. The third-order valence-corrected chi connectivity index (χ3v) is 8.34. The van der Waals surface area contributed by atoms with Crippen molar-refractivity contribution >= 4 is 11.9 Å². The van der Waals surface area contributed by atoms with Gasteiger partial charge in [-0.15, -0.1) is 0 Å². The van der Waals surface area contributed by atoms with E-state index in [0.29, 0.717) is 6.42 Å². The average molecular weight is 671 g/mol. The summed E-state index contributed by atoms with van der Waals surface area (Å²) in [6.07, 6.45) is 20.7. The topological polar surface area (TPSA) is 152 Å². The maximum atomic E-state index is 12.6. The van der Waals surface area contributed by atoms with Crippen LogP contribution in [0.4, 0.5) is 0 Å². The molecule has 274 valence electrons. The molecule has 4 N–H and O–H groups in total. The Labute approximate surface area is 283 Å². The van der Waals surface area contributed by atoms with Gasteiger partial charge in [-0.25, -0.2) is 0 Å². The number of aliphatic hydroxyl groups excluding tert-OH is 4. The molecule has 0 radical (unpaired) electrons. The van der Waals surface area contributed by atoms with Crippen molar-refractivity contribution in [1.82, 2.24) is 0 Å². The molecule has 6 atom stereocenters. The molecule has 10 heteroatoms. The van der Waals surface area contributed by atoms with Gasteiger partial charge in [0.05, 0.1) is 13.2 Å². The van der Waals surface area contributed by atoms with Crippen molar-refractivity contribution in [2.24, 2.45) is 0 Å². The Morgan fingerprint density at radius 2 is 1.19 bits per heavy atom. The lowest BCUT2D eigenvalue weighted by molar-refractivity contribution is -0.305. The first-order valence-electron chi connectivity index (χ1n) is 18.4. The summed E-state index contributed by atoms with van der Waals surface area (Å²) in [6.45, 7) is 3.30. The van der Waals surface area contributed by atoms with Gasteiger partial charge in [-0.1, -0.05) is 109 Å². The second-order valence-electron chi connectivity index (χ2n) is 12.7. The van der Waals surface area contributed by atoms with Crippen molar-refractivity contribution < 1.29 is 49.0 Å². The van der Waals surface area contributed by atoms with Crippen LogP contribution in [0.15, 0.2) is 24.3 Å². The SMILES string of the molecule is CCCCC/C=C/C/C=C/CCCCCCCC(=O)OC(COC(=O)CCCCCCCCC)CO[C@@H]1O[C@H](CO)[C@H](O)[C@H](O)[C@H]1O. The molecule has 0 aromatic heterocycles. The fourth-order valence-electron chi connectivity index (χ4n) is 5.33. The summed E-state index contributed by atoms with van der Waals surface area (Å²) in [5.74, 6) is -0.831. The van der Waals surface area contributed by atoms with Crippen molar-refractivity contribution in [3.05, 3.63) is 24.3 Å². The summed E-state index contributed by atoms with van der Waals surface area (Å²) in [4.78, 5) is 25.0. The number of hydrogen-bond acceptors (Lipinski definition) is 10. The van der Waals surface area contributed by atoms with E-state index in [9.17, 15) is 30.0 Å². The van der Waals surface area contributed by atoms with Crippen LogP contribution in [0, 0.1) is 0 Å². The molecular weight excluding hydrogens is 604 g/mol. The predicted octanol–water partition coefficient (Wildman–Crippen LogP) is 6.21. The monoisotopic (exact) mass is 670 g/mol. The maximum Gasteiger partial charge on any atom is 0.306 e. The van der Waals surface area contributed by atoms with Gasteiger partial charge >= 0.3 is 11.9 Å². The molecule has 0 bridgehead atoms. The predicted molar refractivity (Wildman–Crippen MR) is 183 cm³/mol. The molecule has 10 nitrogen and oxygen atoms in total. The fraction of sp³-hybridized carbons (Fsp3) is 0.838. The second kappa shape index (κ2) is 29.1. The highest BCUT2D eigenvalue weighted by Crippen LogP contribution is 2.22. The van der Waals surface area contributed by atoms with Gasteiger partial charge in [0.25, 0.3) is 0 Å². The molecule has 1 fully saturated rings. The molecule has 1 aliphatic rings. The normalized spacial score (nSPS) is 22.2. The minimum atomic E-state index is -1.59. The molecule has 0 aliphatic carbocycles. The first-order valence-corrected chi connectivity index (χ1v) is 18.4. The Morgan fingerprint density at radius 3 is 1.81 bits per heavy atom. The standard InChI is InChI=1S/C37H66O10/c1-3-5-7-9-11-12-13-14-15-16-17-18-20-22-24-26-33(40)46-30(28-44-32(39)25-23-21-19-10-8-6-4-2)29-45-37-36(43)35(42)34(41)31(27-38)47-37/h11-12,14-15,30-31,34-38,41-43H,3-10,13,16-29H2,1-2H3/b12-11+,15-14+/t30?,31-,34+,35+,36-,37-/m1/s1. The van der Waals surface area contributed by atoms with Crippen LogP contribution in [0.25, 0.3) is 0 Å². The number of esters is 2. The van der Waals surface area contributed by atoms with Gasteiger partial charge in [-0.05, 0) is 44.9 Å². The lowest BCUT2D eigenvalue weighted by Crippen LogP contribution is -2.59. The van der Waals surface area contributed by atoms with Gasteiger partial charge in [0, 0.05) is 12.8 Å². The Hall–Kier alpha value is -1.82. The summed E-state index contributed by atoms with van der Waals surface area (Å²) < 4.78 is 21.9. The van der Waals surface area contributed by atoms with Crippen molar-refractivity contribution in [2.45, 2.75) is 179 Å². The van der Waals surface area contributed by atoms with E-state index in [1.807, 2.05) is 0 Å². The van der Waals surface area contributed by atoms with Crippen LogP contribution in [0.3, 0.4) is 0 Å². The number of ether oxygens (including phenoxy) is 4. The summed E-state index contributed by atoms with van der Waals surface area (Å²) >= 11 is 0. The van der Waals surface area contributed by atoms with Crippen LogP contribution in [0.2, 0.25) is 0 Å². The van der Waals surface area contributed by atoms with Crippen LogP contribution in [-0.2, 0) is 28.5 Å². The van der Waals surface area contributed by atoms with E-state index >= 15 is 0 Å². The van der Waals surface area contributed by atoms with E-state index in [1.54, 1.807) is 0 Å². The van der Waals surface area contributed by atoms with E-state index < -0.39 is 49.4 Å². The second-order valence-corrected chi connectivity index (χ2v) is 12.7. The highest BCUT2D eigenvalue weighted by molar-refractivity contribution is 5.70. The molecule has 0 amide bonds. The van der Waals surface area contributed by atoms with E-state index in [2.05, 4.69) is 38.2 Å². The summed E-state index contributed by atoms with van der Waals surface area (Å²) in [5, 5.41) is 39.8. The number of aliphatic hydroxyl groups is 4. The first-order chi connectivity index (χ1) is 22.8. The minimum absolute atomic E-state index is 0.215. The van der Waals surface area contributed by atoms with Crippen LogP contribution in [-0.4, -0.2) is 89.0 Å². The fourth-order valence-corrected chi connectivity index (χ4v) is 5.33. The minimum Gasteiger partial charge on any atom is -0.462 e.